The van der Waals surface area contributed by atoms with Crippen LogP contribution in [0.5, 0.6) is 0 Å². The van der Waals surface area contributed by atoms with E-state index in [0.29, 0.717) is 30.1 Å². The highest BCUT2D eigenvalue weighted by Gasteiger charge is 2.20. The summed E-state index contributed by atoms with van der Waals surface area (Å²) in [6.07, 6.45) is -1.49. The zero-order chi connectivity index (χ0) is 13.0. The minimum atomic E-state index is -0.975. The maximum absolute atomic E-state index is 10.0. The van der Waals surface area contributed by atoms with E-state index in [9.17, 15) is 10.2 Å². The Bertz CT molecular complexity index is 366. The Morgan fingerprint density at radius 2 is 1.88 bits per heavy atom. The fraction of sp³-hybridized carbons (Fsp3) is 0.538. The Hall–Kier alpha value is -1.10. The van der Waals surface area contributed by atoms with Crippen LogP contribution in [0.1, 0.15) is 43.4 Å². The first kappa shape index (κ1) is 14.0. The predicted molar refractivity (Wildman–Crippen MR) is 69.6 cm³/mol. The number of hydrogen-bond acceptors (Lipinski definition) is 4. The van der Waals surface area contributed by atoms with E-state index in [0.717, 1.165) is 5.56 Å². The topological polar surface area (TPSA) is 92.5 Å². The molecule has 17 heavy (non-hydrogen) atoms. The molecule has 0 saturated heterocycles. The lowest BCUT2D eigenvalue weighted by Gasteiger charge is -2.20. The summed E-state index contributed by atoms with van der Waals surface area (Å²) in [4.78, 5) is 0. The highest BCUT2D eigenvalue weighted by Crippen LogP contribution is 2.28. The number of nitrogen functional groups attached to an aromatic ring is 1. The second-order valence-electron chi connectivity index (χ2n) is 4.63. The van der Waals surface area contributed by atoms with Crippen molar-refractivity contribution in [1.82, 2.24) is 0 Å². The first-order valence-corrected chi connectivity index (χ1v) is 5.92. The molecular formula is C13H22N2O2. The largest absolute Gasteiger partial charge is 0.398 e. The summed E-state index contributed by atoms with van der Waals surface area (Å²) >= 11 is 0. The van der Waals surface area contributed by atoms with E-state index in [4.69, 9.17) is 11.5 Å². The average Bonchev–Trinajstić information content (AvgIpc) is 2.28. The van der Waals surface area contributed by atoms with Crippen LogP contribution in [0.4, 0.5) is 5.69 Å². The number of rotatable bonds is 5. The predicted octanol–water partition coefficient (Wildman–Crippen LogP) is 1.14. The Kier molecular flexibility index (Phi) is 4.93. The third kappa shape index (κ3) is 3.43. The standard InChI is InChI=1S/C13H22N2O2/c1-8(2)9-3-4-11(15)10(7-9)13(17)12(16)5-6-14/h3-4,7-8,12-13,16-17H,5-6,14-15H2,1-2H3. The normalized spacial score (nSPS) is 14.9. The molecule has 0 saturated carbocycles. The van der Waals surface area contributed by atoms with E-state index in [1.807, 2.05) is 12.1 Å². The van der Waals surface area contributed by atoms with Crippen molar-refractivity contribution < 1.29 is 10.2 Å². The maximum Gasteiger partial charge on any atom is 0.107 e. The van der Waals surface area contributed by atoms with Gasteiger partial charge in [0.15, 0.2) is 0 Å². The van der Waals surface area contributed by atoms with Crippen LogP contribution < -0.4 is 11.5 Å². The number of hydrogen-bond donors (Lipinski definition) is 4. The van der Waals surface area contributed by atoms with Crippen molar-refractivity contribution in [3.8, 4) is 0 Å². The molecule has 2 atom stereocenters. The van der Waals surface area contributed by atoms with Gasteiger partial charge in [0.05, 0.1) is 6.10 Å². The Labute approximate surface area is 102 Å². The van der Waals surface area contributed by atoms with E-state index in [1.54, 1.807) is 6.07 Å². The molecule has 0 aromatic heterocycles. The highest BCUT2D eigenvalue weighted by molar-refractivity contribution is 5.50. The van der Waals surface area contributed by atoms with Gasteiger partial charge in [-0.05, 0) is 30.5 Å². The lowest BCUT2D eigenvalue weighted by Crippen LogP contribution is -2.22. The summed E-state index contributed by atoms with van der Waals surface area (Å²) in [6, 6.07) is 5.55. The number of aliphatic hydroxyl groups excluding tert-OH is 2. The number of aliphatic hydroxyl groups is 2. The zero-order valence-electron chi connectivity index (χ0n) is 10.4. The number of anilines is 1. The second-order valence-corrected chi connectivity index (χ2v) is 4.63. The van der Waals surface area contributed by atoms with E-state index in [1.165, 1.54) is 0 Å². The van der Waals surface area contributed by atoms with Crippen molar-refractivity contribution in [2.75, 3.05) is 12.3 Å². The molecule has 4 heteroatoms. The van der Waals surface area contributed by atoms with Gasteiger partial charge in [-0.1, -0.05) is 26.0 Å². The molecule has 0 aliphatic rings. The SMILES string of the molecule is CC(C)c1ccc(N)c(C(O)C(O)CCN)c1. The average molecular weight is 238 g/mol. The summed E-state index contributed by atoms with van der Waals surface area (Å²) in [7, 11) is 0. The van der Waals surface area contributed by atoms with Gasteiger partial charge in [-0.25, -0.2) is 0 Å². The highest BCUT2D eigenvalue weighted by atomic mass is 16.3. The molecule has 2 unspecified atom stereocenters. The van der Waals surface area contributed by atoms with Gasteiger partial charge in [0.25, 0.3) is 0 Å². The van der Waals surface area contributed by atoms with Crippen molar-refractivity contribution >= 4 is 5.69 Å². The van der Waals surface area contributed by atoms with Gasteiger partial charge in [-0.2, -0.15) is 0 Å². The van der Waals surface area contributed by atoms with E-state index in [2.05, 4.69) is 13.8 Å². The summed E-state index contributed by atoms with van der Waals surface area (Å²) in [5.74, 6) is 0.355. The minimum absolute atomic E-state index is 0.335. The van der Waals surface area contributed by atoms with Gasteiger partial charge >= 0.3 is 0 Å². The quantitative estimate of drug-likeness (QED) is 0.579. The second kappa shape index (κ2) is 6.00. The first-order chi connectivity index (χ1) is 7.97. The van der Waals surface area contributed by atoms with Gasteiger partial charge < -0.3 is 21.7 Å². The summed E-state index contributed by atoms with van der Waals surface area (Å²) in [5.41, 5.74) is 13.4. The number of benzene rings is 1. The minimum Gasteiger partial charge on any atom is -0.398 e. The van der Waals surface area contributed by atoms with Crippen LogP contribution in [0.3, 0.4) is 0 Å². The third-order valence-corrected chi connectivity index (χ3v) is 2.92. The van der Waals surface area contributed by atoms with Crippen LogP contribution in [0, 0.1) is 0 Å². The summed E-state index contributed by atoms with van der Waals surface area (Å²) < 4.78 is 0. The maximum atomic E-state index is 10.0. The van der Waals surface area contributed by atoms with E-state index < -0.39 is 12.2 Å². The number of nitrogens with two attached hydrogens (primary N) is 2. The molecule has 0 spiro atoms. The molecule has 0 aliphatic heterocycles. The lowest BCUT2D eigenvalue weighted by molar-refractivity contribution is 0.0154. The van der Waals surface area contributed by atoms with Crippen molar-refractivity contribution in [3.63, 3.8) is 0 Å². The fourth-order valence-corrected chi connectivity index (χ4v) is 1.74. The van der Waals surface area contributed by atoms with Gasteiger partial charge in [0.1, 0.15) is 6.10 Å². The van der Waals surface area contributed by atoms with Crippen molar-refractivity contribution in [1.29, 1.82) is 0 Å². The molecule has 96 valence electrons. The zero-order valence-corrected chi connectivity index (χ0v) is 10.4. The Morgan fingerprint density at radius 1 is 1.24 bits per heavy atom. The molecule has 6 N–H and O–H groups in total. The molecule has 0 heterocycles. The van der Waals surface area contributed by atoms with Gasteiger partial charge in [0, 0.05) is 11.3 Å². The fourth-order valence-electron chi connectivity index (χ4n) is 1.74. The van der Waals surface area contributed by atoms with Crippen LogP contribution in [0.25, 0.3) is 0 Å². The van der Waals surface area contributed by atoms with Crippen LogP contribution in [-0.4, -0.2) is 22.9 Å². The lowest BCUT2D eigenvalue weighted by atomic mass is 9.94. The molecule has 1 aromatic carbocycles. The first-order valence-electron chi connectivity index (χ1n) is 5.92. The van der Waals surface area contributed by atoms with Crippen LogP contribution in [-0.2, 0) is 0 Å². The van der Waals surface area contributed by atoms with Crippen LogP contribution in [0.15, 0.2) is 18.2 Å². The Balaban J connectivity index is 2.99. The van der Waals surface area contributed by atoms with Crippen LogP contribution in [0.2, 0.25) is 0 Å². The van der Waals surface area contributed by atoms with E-state index >= 15 is 0 Å². The molecule has 0 fully saturated rings. The molecule has 0 bridgehead atoms. The molecule has 0 radical (unpaired) electrons. The van der Waals surface area contributed by atoms with Gasteiger partial charge in [-0.3, -0.25) is 0 Å². The summed E-state index contributed by atoms with van der Waals surface area (Å²) in [6.45, 7) is 4.47. The molecule has 4 nitrogen and oxygen atoms in total. The Morgan fingerprint density at radius 3 is 2.41 bits per heavy atom. The van der Waals surface area contributed by atoms with Crippen molar-refractivity contribution in [2.24, 2.45) is 5.73 Å². The smallest absolute Gasteiger partial charge is 0.107 e. The molecule has 0 aliphatic carbocycles. The van der Waals surface area contributed by atoms with Gasteiger partial charge in [0.2, 0.25) is 0 Å². The van der Waals surface area contributed by atoms with Crippen LogP contribution >= 0.6 is 0 Å². The molecule has 1 aromatic rings. The molecule has 0 amide bonds. The summed E-state index contributed by atoms with van der Waals surface area (Å²) in [5, 5.41) is 19.8. The van der Waals surface area contributed by atoms with Gasteiger partial charge in [-0.15, -0.1) is 0 Å². The van der Waals surface area contributed by atoms with Crippen molar-refractivity contribution in [3.05, 3.63) is 29.3 Å². The molecular weight excluding hydrogens is 216 g/mol. The monoisotopic (exact) mass is 238 g/mol. The third-order valence-electron chi connectivity index (χ3n) is 2.92. The molecule has 1 rings (SSSR count). The van der Waals surface area contributed by atoms with E-state index in [-0.39, 0.29) is 0 Å². The van der Waals surface area contributed by atoms with Crippen molar-refractivity contribution in [2.45, 2.75) is 38.4 Å².